The summed E-state index contributed by atoms with van der Waals surface area (Å²) in [4.78, 5) is 12.0. The van der Waals surface area contributed by atoms with E-state index in [2.05, 4.69) is 6.92 Å². The minimum Gasteiger partial charge on any atom is -0.508 e. The number of aromatic hydroxyl groups is 1. The lowest BCUT2D eigenvalue weighted by molar-refractivity contribution is -0.128. The van der Waals surface area contributed by atoms with Crippen molar-refractivity contribution < 1.29 is 14.6 Å². The lowest BCUT2D eigenvalue weighted by atomic mass is 9.90. The van der Waals surface area contributed by atoms with Crippen molar-refractivity contribution in [1.82, 2.24) is 0 Å². The highest BCUT2D eigenvalue weighted by atomic mass is 35.5. The van der Waals surface area contributed by atoms with E-state index in [4.69, 9.17) is 16.3 Å². The van der Waals surface area contributed by atoms with Gasteiger partial charge < -0.3 is 9.84 Å². The summed E-state index contributed by atoms with van der Waals surface area (Å²) in [6.45, 7) is 7.83. The van der Waals surface area contributed by atoms with Crippen LogP contribution in [0.1, 0.15) is 57.6 Å². The Bertz CT molecular complexity index is 760. The molecule has 2 aromatic rings. The summed E-state index contributed by atoms with van der Waals surface area (Å²) in [6, 6.07) is 13.2. The monoisotopic (exact) mass is 388 g/mol. The third-order valence-corrected chi connectivity index (χ3v) is 5.13. The quantitative estimate of drug-likeness (QED) is 0.588. The van der Waals surface area contributed by atoms with E-state index in [0.29, 0.717) is 22.4 Å². The number of phenols is 1. The number of hydrogen-bond acceptors (Lipinski definition) is 3. The molecule has 0 saturated carbocycles. The van der Waals surface area contributed by atoms with Crippen LogP contribution < -0.4 is 4.74 Å². The van der Waals surface area contributed by atoms with Crippen molar-refractivity contribution >= 4 is 17.4 Å². The summed E-state index contributed by atoms with van der Waals surface area (Å²) in [5.74, 6) is 1.32. The summed E-state index contributed by atoms with van der Waals surface area (Å²) in [5.41, 5.74) is 1.96. The topological polar surface area (TPSA) is 46.5 Å². The fraction of sp³-hybridized carbons (Fsp3) is 0.435. The average Bonchev–Trinajstić information content (AvgIpc) is 2.61. The predicted octanol–water partition coefficient (Wildman–Crippen LogP) is 6.17. The molecule has 0 radical (unpaired) electrons. The molecule has 1 unspecified atom stereocenters. The lowest BCUT2D eigenvalue weighted by Gasteiger charge is -2.18. The number of ketones is 1. The maximum atomic E-state index is 12.0. The molecule has 0 aliphatic carbocycles. The number of halogens is 1. The third-order valence-electron chi connectivity index (χ3n) is 4.83. The number of carbonyl (C=O) groups excluding carboxylic acids is 1. The molecular weight excluding hydrogens is 360 g/mol. The van der Waals surface area contributed by atoms with Crippen LogP contribution in [0, 0.1) is 5.41 Å². The maximum absolute atomic E-state index is 12.0. The van der Waals surface area contributed by atoms with Gasteiger partial charge in [-0.1, -0.05) is 57.5 Å². The molecule has 27 heavy (non-hydrogen) atoms. The minimum absolute atomic E-state index is 0.0291. The molecule has 2 aromatic carbocycles. The first-order valence-corrected chi connectivity index (χ1v) is 9.82. The Balaban J connectivity index is 1.96. The van der Waals surface area contributed by atoms with Gasteiger partial charge in [0, 0.05) is 5.41 Å². The van der Waals surface area contributed by atoms with Crippen LogP contribution in [0.3, 0.4) is 0 Å². The van der Waals surface area contributed by atoms with Crippen molar-refractivity contribution in [3.8, 4) is 11.5 Å². The zero-order valence-electron chi connectivity index (χ0n) is 16.6. The molecule has 1 atom stereocenters. The number of carbonyl (C=O) groups is 1. The SMILES string of the molecule is CCC(CCc1ccc(OCC(=O)C(C)(C)C)c(Cl)c1)c1ccc(O)cc1. The van der Waals surface area contributed by atoms with Crippen LogP contribution in [0.5, 0.6) is 11.5 Å². The molecule has 0 fully saturated rings. The van der Waals surface area contributed by atoms with Gasteiger partial charge in [0.1, 0.15) is 18.1 Å². The van der Waals surface area contributed by atoms with E-state index < -0.39 is 5.41 Å². The molecule has 0 bridgehead atoms. The summed E-state index contributed by atoms with van der Waals surface area (Å²) < 4.78 is 5.60. The Morgan fingerprint density at radius 3 is 2.37 bits per heavy atom. The summed E-state index contributed by atoms with van der Waals surface area (Å²) in [5, 5.41) is 9.98. The number of aryl methyl sites for hydroxylation is 1. The number of rotatable bonds is 8. The molecule has 1 N–H and O–H groups in total. The Hall–Kier alpha value is -2.00. The van der Waals surface area contributed by atoms with Crippen molar-refractivity contribution in [3.05, 3.63) is 58.6 Å². The molecule has 0 aliphatic rings. The van der Waals surface area contributed by atoms with Crippen molar-refractivity contribution in [1.29, 1.82) is 0 Å². The van der Waals surface area contributed by atoms with Crippen molar-refractivity contribution in [3.63, 3.8) is 0 Å². The summed E-state index contributed by atoms with van der Waals surface area (Å²) in [7, 11) is 0. The molecule has 0 spiro atoms. The van der Waals surface area contributed by atoms with Crippen LogP contribution in [0.25, 0.3) is 0 Å². The molecule has 3 nitrogen and oxygen atoms in total. The molecule has 0 amide bonds. The highest BCUT2D eigenvalue weighted by molar-refractivity contribution is 6.32. The Labute approximate surface area is 167 Å². The summed E-state index contributed by atoms with van der Waals surface area (Å²) >= 11 is 6.35. The first-order chi connectivity index (χ1) is 12.7. The molecule has 0 aromatic heterocycles. The molecular formula is C23H29ClO3. The van der Waals surface area contributed by atoms with E-state index in [1.807, 2.05) is 51.1 Å². The lowest BCUT2D eigenvalue weighted by Crippen LogP contribution is -2.26. The number of Topliss-reactive ketones (excluding diaryl/α,β-unsaturated/α-hetero) is 1. The maximum Gasteiger partial charge on any atom is 0.175 e. The van der Waals surface area contributed by atoms with Gasteiger partial charge in [-0.3, -0.25) is 4.79 Å². The van der Waals surface area contributed by atoms with Gasteiger partial charge in [0.2, 0.25) is 0 Å². The van der Waals surface area contributed by atoms with Crippen molar-refractivity contribution in [2.24, 2.45) is 5.41 Å². The number of hydrogen-bond donors (Lipinski definition) is 1. The molecule has 2 rings (SSSR count). The largest absolute Gasteiger partial charge is 0.508 e. The number of ether oxygens (including phenoxy) is 1. The minimum atomic E-state index is -0.421. The van der Waals surface area contributed by atoms with Gasteiger partial charge in [-0.15, -0.1) is 0 Å². The first-order valence-electron chi connectivity index (χ1n) is 9.44. The summed E-state index contributed by atoms with van der Waals surface area (Å²) in [6.07, 6.45) is 2.94. The highest BCUT2D eigenvalue weighted by Crippen LogP contribution is 2.30. The van der Waals surface area contributed by atoms with E-state index in [-0.39, 0.29) is 12.4 Å². The average molecular weight is 389 g/mol. The second-order valence-electron chi connectivity index (χ2n) is 7.96. The van der Waals surface area contributed by atoms with Gasteiger partial charge in [-0.25, -0.2) is 0 Å². The van der Waals surface area contributed by atoms with Crippen LogP contribution in [0.2, 0.25) is 5.02 Å². The van der Waals surface area contributed by atoms with Crippen LogP contribution in [0.15, 0.2) is 42.5 Å². The molecule has 0 heterocycles. The molecule has 146 valence electrons. The second kappa shape index (κ2) is 9.27. The highest BCUT2D eigenvalue weighted by Gasteiger charge is 2.22. The van der Waals surface area contributed by atoms with Gasteiger partial charge in [-0.05, 0) is 60.6 Å². The normalized spacial score (nSPS) is 12.6. The van der Waals surface area contributed by atoms with E-state index in [0.717, 1.165) is 24.8 Å². The molecule has 4 heteroatoms. The second-order valence-corrected chi connectivity index (χ2v) is 8.37. The Kier molecular flexibility index (Phi) is 7.32. The first kappa shape index (κ1) is 21.3. The van der Waals surface area contributed by atoms with E-state index >= 15 is 0 Å². The van der Waals surface area contributed by atoms with Crippen molar-refractivity contribution in [2.45, 2.75) is 52.9 Å². The number of phenolic OH excluding ortho intramolecular Hbond substituents is 1. The van der Waals surface area contributed by atoms with E-state index in [9.17, 15) is 9.90 Å². The van der Waals surface area contributed by atoms with Gasteiger partial charge in [0.25, 0.3) is 0 Å². The molecule has 0 aliphatic heterocycles. The fourth-order valence-corrected chi connectivity index (χ4v) is 3.13. The van der Waals surface area contributed by atoms with Crippen LogP contribution >= 0.6 is 11.6 Å². The predicted molar refractivity (Wildman–Crippen MR) is 111 cm³/mol. The van der Waals surface area contributed by atoms with Crippen molar-refractivity contribution in [2.75, 3.05) is 6.61 Å². The zero-order chi connectivity index (χ0) is 20.0. The standard InChI is InChI=1S/C23H29ClO3/c1-5-17(18-9-11-19(25)12-10-18)8-6-16-7-13-21(20(24)14-16)27-15-22(26)23(2,3)4/h7,9-14,17,25H,5-6,8,15H2,1-4H3. The zero-order valence-corrected chi connectivity index (χ0v) is 17.3. The van der Waals surface area contributed by atoms with Crippen LogP contribution in [-0.2, 0) is 11.2 Å². The smallest absolute Gasteiger partial charge is 0.175 e. The Morgan fingerprint density at radius 1 is 1.15 bits per heavy atom. The fourth-order valence-electron chi connectivity index (χ4n) is 2.87. The molecule has 0 saturated heterocycles. The van der Waals surface area contributed by atoms with E-state index in [1.54, 1.807) is 12.1 Å². The van der Waals surface area contributed by atoms with Crippen LogP contribution in [-0.4, -0.2) is 17.5 Å². The Morgan fingerprint density at radius 2 is 1.81 bits per heavy atom. The number of benzene rings is 2. The van der Waals surface area contributed by atoms with Gasteiger partial charge >= 0.3 is 0 Å². The van der Waals surface area contributed by atoms with E-state index in [1.165, 1.54) is 5.56 Å². The third kappa shape index (κ3) is 6.28. The van der Waals surface area contributed by atoms with Gasteiger partial charge in [-0.2, -0.15) is 0 Å². The van der Waals surface area contributed by atoms with Crippen LogP contribution in [0.4, 0.5) is 0 Å². The van der Waals surface area contributed by atoms with Gasteiger partial charge in [0.15, 0.2) is 5.78 Å². The van der Waals surface area contributed by atoms with Gasteiger partial charge in [0.05, 0.1) is 5.02 Å².